The average Bonchev–Trinajstić information content (AvgIpc) is 3.04. The maximum absolute atomic E-state index is 11.9. The van der Waals surface area contributed by atoms with Crippen molar-refractivity contribution < 1.29 is 85.1 Å². The van der Waals surface area contributed by atoms with Gasteiger partial charge in [-0.25, -0.2) is 16.8 Å². The van der Waals surface area contributed by atoms with Crippen LogP contribution in [0.1, 0.15) is 11.1 Å². The summed E-state index contributed by atoms with van der Waals surface area (Å²) in [5.74, 6) is 0. The molecule has 0 spiro atoms. The number of aryl methyl sites for hydroxylation is 2. The second kappa shape index (κ2) is 15.4. The van der Waals surface area contributed by atoms with Crippen molar-refractivity contribution >= 4 is 75.9 Å². The van der Waals surface area contributed by atoms with E-state index in [0.717, 1.165) is 34.4 Å². The average molecular weight is 725 g/mol. The first-order valence-electron chi connectivity index (χ1n) is 14.3. The van der Waals surface area contributed by atoms with E-state index in [1.165, 1.54) is 12.1 Å². The Morgan fingerprint density at radius 2 is 0.800 bits per heavy atom. The van der Waals surface area contributed by atoms with Crippen molar-refractivity contribution in [3.8, 4) is 11.1 Å². The monoisotopic (exact) mass is 724 g/mol. The molecule has 16 heteroatoms. The summed E-state index contributed by atoms with van der Waals surface area (Å²) in [6, 6.07) is 26.1. The standard InChI is InChI=1S/C34H28N6O6S2.2Na/c1-19-15-21(11-13-27(19)37-39-29-17-31(47(41,42)43)23-7-3-5-9-25(23)33(29)35)22-12-14-28(20(2)16-22)38-40-30-18-32(48(44,45)46)24-8-4-6-10-26(24)34(30)36;;/h3-18H,35-36H2,1-2H3,(H,41,42,43)(H,44,45,46);;/q;2*+1/p-2. The van der Waals surface area contributed by atoms with Crippen molar-refractivity contribution in [2.24, 2.45) is 20.5 Å². The number of nitrogen functional groups attached to an aromatic ring is 2. The molecule has 6 aromatic rings. The van der Waals surface area contributed by atoms with Crippen LogP contribution in [-0.2, 0) is 20.2 Å². The summed E-state index contributed by atoms with van der Waals surface area (Å²) >= 11 is 0. The van der Waals surface area contributed by atoms with Crippen LogP contribution in [0, 0.1) is 13.8 Å². The minimum absolute atomic E-state index is 0. The summed E-state index contributed by atoms with van der Waals surface area (Å²) in [7, 11) is -9.59. The normalized spacial score (nSPS) is 12.0. The summed E-state index contributed by atoms with van der Waals surface area (Å²) in [4.78, 5) is -0.847. The fourth-order valence-electron chi connectivity index (χ4n) is 5.39. The van der Waals surface area contributed by atoms with Gasteiger partial charge in [-0.15, -0.1) is 10.2 Å². The van der Waals surface area contributed by atoms with E-state index in [1.807, 2.05) is 38.1 Å². The first-order valence-corrected chi connectivity index (χ1v) is 17.1. The van der Waals surface area contributed by atoms with Crippen molar-refractivity contribution in [2.45, 2.75) is 23.6 Å². The van der Waals surface area contributed by atoms with E-state index in [9.17, 15) is 25.9 Å². The quantitative estimate of drug-likeness (QED) is 0.107. The van der Waals surface area contributed by atoms with Crippen LogP contribution < -0.4 is 70.6 Å². The van der Waals surface area contributed by atoms with Crippen LogP contribution >= 0.6 is 0 Å². The van der Waals surface area contributed by atoms with Crippen molar-refractivity contribution in [1.29, 1.82) is 0 Å². The van der Waals surface area contributed by atoms with Gasteiger partial charge in [0.25, 0.3) is 0 Å². The minimum Gasteiger partial charge on any atom is -0.744 e. The molecule has 4 N–H and O–H groups in total. The van der Waals surface area contributed by atoms with E-state index >= 15 is 0 Å². The Labute approximate surface area is 332 Å². The predicted octanol–water partition coefficient (Wildman–Crippen LogP) is 2.09. The largest absolute Gasteiger partial charge is 1.00 e. The number of nitrogens with zero attached hydrogens (tertiary/aromatic N) is 4. The van der Waals surface area contributed by atoms with Gasteiger partial charge in [-0.1, -0.05) is 60.7 Å². The molecular formula is C34H26N6Na2O6S2. The van der Waals surface area contributed by atoms with Crippen LogP contribution in [0.2, 0.25) is 0 Å². The van der Waals surface area contributed by atoms with Gasteiger partial charge in [0.15, 0.2) is 0 Å². The van der Waals surface area contributed by atoms with E-state index < -0.39 is 30.0 Å². The Balaban J connectivity index is 0.00000281. The van der Waals surface area contributed by atoms with Gasteiger partial charge in [-0.3, -0.25) is 0 Å². The van der Waals surface area contributed by atoms with Gasteiger partial charge in [0, 0.05) is 21.5 Å². The van der Waals surface area contributed by atoms with Crippen LogP contribution in [0.4, 0.5) is 34.1 Å². The molecule has 0 radical (unpaired) electrons. The SMILES string of the molecule is Cc1cc(-c2ccc(N=Nc3cc(S(=O)(=O)[O-])c4ccccc4c3N)c(C)c2)ccc1N=Nc1cc(S(=O)(=O)[O-])c2ccccc2c1N.[Na+].[Na+]. The summed E-state index contributed by atoms with van der Waals surface area (Å²) in [5.41, 5.74) is 17.3. The van der Waals surface area contributed by atoms with E-state index in [-0.39, 0.29) is 92.6 Å². The third-order valence-corrected chi connectivity index (χ3v) is 9.60. The van der Waals surface area contributed by atoms with Crippen LogP contribution in [0.3, 0.4) is 0 Å². The molecule has 0 saturated heterocycles. The fraction of sp³-hybridized carbons (Fsp3) is 0.0588. The molecule has 0 bridgehead atoms. The Kier molecular flexibility index (Phi) is 12.1. The molecule has 242 valence electrons. The van der Waals surface area contributed by atoms with Crippen molar-refractivity contribution in [3.05, 3.63) is 108 Å². The van der Waals surface area contributed by atoms with E-state index in [0.29, 0.717) is 22.1 Å². The van der Waals surface area contributed by atoms with Gasteiger partial charge < -0.3 is 20.6 Å². The number of rotatable bonds is 7. The number of azo groups is 2. The molecule has 0 amide bonds. The number of benzene rings is 6. The number of nitrogens with two attached hydrogens (primary N) is 2. The number of hydrogen-bond donors (Lipinski definition) is 2. The third-order valence-electron chi connectivity index (χ3n) is 7.85. The van der Waals surface area contributed by atoms with E-state index in [4.69, 9.17) is 11.5 Å². The minimum atomic E-state index is -4.80. The number of anilines is 2. The Morgan fingerprint density at radius 3 is 1.12 bits per heavy atom. The molecule has 0 aliphatic rings. The molecule has 0 aliphatic heterocycles. The van der Waals surface area contributed by atoms with Crippen LogP contribution in [0.15, 0.2) is 127 Å². The molecular weight excluding hydrogens is 699 g/mol. The zero-order chi connectivity index (χ0) is 34.4. The van der Waals surface area contributed by atoms with Crippen LogP contribution in [-0.4, -0.2) is 25.9 Å². The fourth-order valence-corrected chi connectivity index (χ4v) is 6.80. The zero-order valence-electron chi connectivity index (χ0n) is 27.4. The number of fused-ring (bicyclic) bond motifs is 2. The molecule has 0 aliphatic carbocycles. The summed E-state index contributed by atoms with van der Waals surface area (Å²) in [5, 5.41) is 18.2. The maximum atomic E-state index is 11.9. The first kappa shape index (κ1) is 39.2. The Morgan fingerprint density at radius 1 is 0.480 bits per heavy atom. The molecule has 0 atom stereocenters. The topological polar surface area (TPSA) is 216 Å². The van der Waals surface area contributed by atoms with Gasteiger partial charge in [-0.2, -0.15) is 10.2 Å². The summed E-state index contributed by atoms with van der Waals surface area (Å²) in [6.07, 6.45) is 0. The molecule has 0 saturated carbocycles. The second-order valence-corrected chi connectivity index (χ2v) is 13.7. The summed E-state index contributed by atoms with van der Waals surface area (Å²) in [6.45, 7) is 3.68. The smallest absolute Gasteiger partial charge is 0.744 e. The third kappa shape index (κ3) is 8.00. The van der Waals surface area contributed by atoms with Gasteiger partial charge in [0.05, 0.1) is 32.5 Å². The van der Waals surface area contributed by atoms with E-state index in [1.54, 1.807) is 48.5 Å². The van der Waals surface area contributed by atoms with E-state index in [2.05, 4.69) is 20.5 Å². The van der Waals surface area contributed by atoms with Crippen molar-refractivity contribution in [2.75, 3.05) is 11.5 Å². The predicted molar refractivity (Wildman–Crippen MR) is 182 cm³/mol. The Hall–Kier alpha value is -3.54. The first-order chi connectivity index (χ1) is 22.7. The molecule has 6 rings (SSSR count). The van der Waals surface area contributed by atoms with Crippen LogP contribution in [0.5, 0.6) is 0 Å². The molecule has 0 heterocycles. The molecule has 0 unspecified atom stereocenters. The van der Waals surface area contributed by atoms with Gasteiger partial charge in [-0.05, 0) is 72.5 Å². The van der Waals surface area contributed by atoms with Crippen molar-refractivity contribution in [3.63, 3.8) is 0 Å². The molecule has 6 aromatic carbocycles. The number of hydrogen-bond acceptors (Lipinski definition) is 12. The molecule has 12 nitrogen and oxygen atoms in total. The second-order valence-electron chi connectivity index (χ2n) is 11.0. The molecule has 0 aromatic heterocycles. The van der Waals surface area contributed by atoms with Crippen molar-refractivity contribution in [1.82, 2.24) is 0 Å². The van der Waals surface area contributed by atoms with Gasteiger partial charge in [0.2, 0.25) is 0 Å². The van der Waals surface area contributed by atoms with Crippen LogP contribution in [0.25, 0.3) is 32.7 Å². The molecule has 50 heavy (non-hydrogen) atoms. The summed E-state index contributed by atoms with van der Waals surface area (Å²) < 4.78 is 71.7. The Bertz CT molecular complexity index is 2400. The van der Waals surface area contributed by atoms with Gasteiger partial charge >= 0.3 is 59.1 Å². The molecule has 0 fully saturated rings. The maximum Gasteiger partial charge on any atom is 1.00 e. The van der Waals surface area contributed by atoms with Gasteiger partial charge in [0.1, 0.15) is 31.6 Å². The zero-order valence-corrected chi connectivity index (χ0v) is 33.1.